The Labute approximate surface area is 156 Å². The summed E-state index contributed by atoms with van der Waals surface area (Å²) >= 11 is 7.82. The Morgan fingerprint density at radius 1 is 1.20 bits per heavy atom. The van der Waals surface area contributed by atoms with Gasteiger partial charge in [-0.15, -0.1) is 0 Å². The number of carbonyl (C=O) groups is 1. The highest BCUT2D eigenvalue weighted by atomic mass is 35.5. The molecule has 1 heterocycles. The average Bonchev–Trinajstić information content (AvgIpc) is 2.96. The highest BCUT2D eigenvalue weighted by Crippen LogP contribution is 2.21. The van der Waals surface area contributed by atoms with Crippen LogP contribution in [0.1, 0.15) is 21.6 Å². The van der Waals surface area contributed by atoms with Crippen LogP contribution in [0.25, 0.3) is 5.69 Å². The fourth-order valence-corrected chi connectivity index (χ4v) is 3.21. The second kappa shape index (κ2) is 7.76. The third-order valence-electron chi connectivity index (χ3n) is 3.65. The number of rotatable bonds is 5. The Morgan fingerprint density at radius 3 is 2.64 bits per heavy atom. The third-order valence-corrected chi connectivity index (χ3v) is 4.51. The van der Waals surface area contributed by atoms with Gasteiger partial charge in [-0.25, -0.2) is 4.68 Å². The summed E-state index contributed by atoms with van der Waals surface area (Å²) in [7, 11) is 0. The predicted molar refractivity (Wildman–Crippen MR) is 105 cm³/mol. The number of hydrogen-bond acceptors (Lipinski definition) is 3. The molecule has 2 aromatic carbocycles. The second-order valence-electron chi connectivity index (χ2n) is 5.65. The first-order chi connectivity index (χ1) is 12.1. The van der Waals surface area contributed by atoms with Gasteiger partial charge >= 0.3 is 0 Å². The van der Waals surface area contributed by atoms with Crippen molar-refractivity contribution in [1.82, 2.24) is 9.78 Å². The van der Waals surface area contributed by atoms with Gasteiger partial charge in [0, 0.05) is 22.4 Å². The molecule has 0 radical (unpaired) electrons. The number of nitrogens with one attached hydrogen (secondary N) is 1. The zero-order valence-corrected chi connectivity index (χ0v) is 15.6. The van der Waals surface area contributed by atoms with Crippen LogP contribution in [0, 0.1) is 6.92 Å². The van der Waals surface area contributed by atoms with Crippen LogP contribution in [0.3, 0.4) is 0 Å². The number of benzene rings is 2. The summed E-state index contributed by atoms with van der Waals surface area (Å²) < 4.78 is 1.68. The maximum absolute atomic E-state index is 12.6. The molecule has 1 N–H and O–H groups in total. The zero-order chi connectivity index (χ0) is 17.8. The molecule has 25 heavy (non-hydrogen) atoms. The molecule has 0 saturated carbocycles. The zero-order valence-electron chi connectivity index (χ0n) is 14.0. The van der Waals surface area contributed by atoms with E-state index in [2.05, 4.69) is 16.7 Å². The highest BCUT2D eigenvalue weighted by Gasteiger charge is 2.12. The minimum absolute atomic E-state index is 0.168. The van der Waals surface area contributed by atoms with Crippen molar-refractivity contribution in [2.45, 2.75) is 12.7 Å². The number of aromatic nitrogens is 2. The van der Waals surface area contributed by atoms with Crippen LogP contribution in [-0.4, -0.2) is 21.9 Å². The fourth-order valence-electron chi connectivity index (χ4n) is 2.50. The van der Waals surface area contributed by atoms with Gasteiger partial charge in [-0.3, -0.25) is 4.79 Å². The number of carbonyl (C=O) groups excluding carboxylic acids is 1. The number of aryl methyl sites for hydroxylation is 1. The second-order valence-corrected chi connectivity index (χ2v) is 6.95. The summed E-state index contributed by atoms with van der Waals surface area (Å²) in [5.74, 6) is 1.37. The van der Waals surface area contributed by atoms with Crippen molar-refractivity contribution in [2.24, 2.45) is 0 Å². The van der Waals surface area contributed by atoms with Crippen LogP contribution in [0.15, 0.2) is 54.6 Å². The fraction of sp³-hybridized carbons (Fsp3) is 0.158. The lowest BCUT2D eigenvalue weighted by Gasteiger charge is -2.09. The van der Waals surface area contributed by atoms with E-state index in [0.29, 0.717) is 16.4 Å². The molecule has 0 spiro atoms. The summed E-state index contributed by atoms with van der Waals surface area (Å²) in [6.07, 6.45) is 2.06. The summed E-state index contributed by atoms with van der Waals surface area (Å²) in [6.45, 7) is 1.88. The summed E-state index contributed by atoms with van der Waals surface area (Å²) in [6, 6.07) is 16.8. The lowest BCUT2D eigenvalue weighted by molar-refractivity contribution is 0.102. The van der Waals surface area contributed by atoms with Gasteiger partial charge in [0.2, 0.25) is 0 Å². The van der Waals surface area contributed by atoms with E-state index in [4.69, 9.17) is 11.6 Å². The Balaban J connectivity index is 1.84. The van der Waals surface area contributed by atoms with Gasteiger partial charge in [0.1, 0.15) is 5.82 Å². The molecule has 4 nitrogen and oxygen atoms in total. The predicted octanol–water partition coefficient (Wildman–Crippen LogP) is 4.95. The van der Waals surface area contributed by atoms with E-state index in [-0.39, 0.29) is 5.91 Å². The minimum atomic E-state index is -0.168. The van der Waals surface area contributed by atoms with Crippen molar-refractivity contribution < 1.29 is 4.79 Å². The van der Waals surface area contributed by atoms with Crippen molar-refractivity contribution >= 4 is 35.1 Å². The molecule has 6 heteroatoms. The summed E-state index contributed by atoms with van der Waals surface area (Å²) in [4.78, 5) is 12.6. The maximum Gasteiger partial charge on any atom is 0.256 e. The Hall–Kier alpha value is -2.24. The molecule has 1 aromatic heterocycles. The third kappa shape index (κ3) is 4.24. The maximum atomic E-state index is 12.6. The number of hydrogen-bond donors (Lipinski definition) is 1. The first kappa shape index (κ1) is 17.6. The van der Waals surface area contributed by atoms with E-state index in [1.54, 1.807) is 28.6 Å². The number of nitrogens with zero attached hydrogens (tertiary/aromatic N) is 2. The van der Waals surface area contributed by atoms with E-state index in [1.807, 2.05) is 49.4 Å². The smallest absolute Gasteiger partial charge is 0.256 e. The number of amides is 1. The largest absolute Gasteiger partial charge is 0.306 e. The molecular weight excluding hydrogens is 354 g/mol. The molecule has 0 saturated heterocycles. The van der Waals surface area contributed by atoms with Crippen molar-refractivity contribution in [2.75, 3.05) is 11.6 Å². The van der Waals surface area contributed by atoms with Gasteiger partial charge < -0.3 is 5.32 Å². The molecule has 0 aliphatic carbocycles. The van der Waals surface area contributed by atoms with Gasteiger partial charge in [-0.1, -0.05) is 29.8 Å². The molecule has 0 unspecified atom stereocenters. The van der Waals surface area contributed by atoms with E-state index >= 15 is 0 Å². The van der Waals surface area contributed by atoms with Crippen LogP contribution in [0.2, 0.25) is 5.02 Å². The molecule has 3 rings (SSSR count). The van der Waals surface area contributed by atoms with Crippen molar-refractivity contribution in [3.63, 3.8) is 0 Å². The quantitative estimate of drug-likeness (QED) is 0.690. The van der Waals surface area contributed by atoms with Crippen LogP contribution in [-0.2, 0) is 5.75 Å². The van der Waals surface area contributed by atoms with Gasteiger partial charge in [-0.05, 0) is 49.1 Å². The van der Waals surface area contributed by atoms with Gasteiger partial charge in [0.05, 0.1) is 11.4 Å². The topological polar surface area (TPSA) is 46.9 Å². The molecule has 128 valence electrons. The van der Waals surface area contributed by atoms with Crippen molar-refractivity contribution in [3.8, 4) is 5.69 Å². The van der Waals surface area contributed by atoms with Crippen molar-refractivity contribution in [3.05, 3.63) is 76.4 Å². The Bertz CT molecular complexity index is 890. The van der Waals surface area contributed by atoms with Crippen molar-refractivity contribution in [1.29, 1.82) is 0 Å². The molecule has 3 aromatic rings. The van der Waals surface area contributed by atoms with E-state index in [0.717, 1.165) is 17.1 Å². The van der Waals surface area contributed by atoms with Crippen LogP contribution in [0.5, 0.6) is 0 Å². The average molecular weight is 372 g/mol. The molecule has 0 fully saturated rings. The number of halogens is 1. The first-order valence-corrected chi connectivity index (χ1v) is 9.56. The molecule has 0 aliphatic rings. The van der Waals surface area contributed by atoms with Gasteiger partial charge in [0.15, 0.2) is 0 Å². The van der Waals surface area contributed by atoms with E-state index < -0.39 is 0 Å². The van der Waals surface area contributed by atoms with Gasteiger partial charge in [-0.2, -0.15) is 16.9 Å². The lowest BCUT2D eigenvalue weighted by Crippen LogP contribution is -2.15. The molecule has 0 bridgehead atoms. The van der Waals surface area contributed by atoms with Crippen LogP contribution < -0.4 is 5.32 Å². The lowest BCUT2D eigenvalue weighted by atomic mass is 10.1. The summed E-state index contributed by atoms with van der Waals surface area (Å²) in [5.41, 5.74) is 3.42. The Kier molecular flexibility index (Phi) is 5.46. The Morgan fingerprint density at radius 2 is 1.96 bits per heavy atom. The van der Waals surface area contributed by atoms with E-state index in [9.17, 15) is 4.79 Å². The standard InChI is InChI=1S/C19H18ClN3OS/c1-13-10-18(23(22-13)17-5-3-4-16(20)11-17)21-19(24)15-8-6-14(7-9-15)12-25-2/h3-11H,12H2,1-2H3,(H,21,24). The monoisotopic (exact) mass is 371 g/mol. The van der Waals surface area contributed by atoms with Gasteiger partial charge in [0.25, 0.3) is 5.91 Å². The molecule has 0 atom stereocenters. The van der Waals surface area contributed by atoms with Crippen LogP contribution in [0.4, 0.5) is 5.82 Å². The molecule has 1 amide bonds. The number of anilines is 1. The molecule has 0 aliphatic heterocycles. The highest BCUT2D eigenvalue weighted by molar-refractivity contribution is 7.97. The van der Waals surface area contributed by atoms with E-state index in [1.165, 1.54) is 5.56 Å². The minimum Gasteiger partial charge on any atom is -0.306 e. The van der Waals surface area contributed by atoms with Crippen LogP contribution >= 0.6 is 23.4 Å². The summed E-state index contributed by atoms with van der Waals surface area (Å²) in [5, 5.41) is 8.00. The normalized spacial score (nSPS) is 10.7. The molecular formula is C19H18ClN3OS. The first-order valence-electron chi connectivity index (χ1n) is 7.78. The number of thioether (sulfide) groups is 1. The SMILES string of the molecule is CSCc1ccc(C(=O)Nc2cc(C)nn2-c2cccc(Cl)c2)cc1.